The molecule has 0 atom stereocenters. The Morgan fingerprint density at radius 1 is 1.33 bits per heavy atom. The van der Waals surface area contributed by atoms with Gasteiger partial charge in [-0.2, -0.15) is 0 Å². The number of aryl methyl sites for hydroxylation is 1. The van der Waals surface area contributed by atoms with Gasteiger partial charge in [0.25, 0.3) is 0 Å². The van der Waals surface area contributed by atoms with Gasteiger partial charge < -0.3 is 9.47 Å². The first-order chi connectivity index (χ1) is 7.19. The Balaban J connectivity index is 2.90. The topological polar surface area (TPSA) is 35.5 Å². The van der Waals surface area contributed by atoms with Crippen molar-refractivity contribution in [3.63, 3.8) is 0 Å². The first-order valence-electron chi connectivity index (χ1n) is 4.86. The summed E-state index contributed by atoms with van der Waals surface area (Å²) in [7, 11) is 3.15. The number of rotatable bonds is 5. The number of methoxy groups -OCH3 is 2. The van der Waals surface area contributed by atoms with Gasteiger partial charge in [-0.25, -0.2) is 0 Å². The lowest BCUT2D eigenvalue weighted by Crippen LogP contribution is -2.05. The molecule has 1 aromatic carbocycles. The molecule has 1 aromatic rings. The van der Waals surface area contributed by atoms with Crippen molar-refractivity contribution in [2.24, 2.45) is 0 Å². The van der Waals surface area contributed by atoms with Crippen molar-refractivity contribution >= 4 is 5.78 Å². The van der Waals surface area contributed by atoms with Crippen LogP contribution < -0.4 is 4.74 Å². The Labute approximate surface area is 90.0 Å². The van der Waals surface area contributed by atoms with Crippen molar-refractivity contribution in [3.8, 4) is 5.75 Å². The molecule has 0 unspecified atom stereocenters. The third kappa shape index (κ3) is 3.06. The minimum absolute atomic E-state index is 0.0531. The fraction of sp³-hybridized carbons (Fsp3) is 0.417. The van der Waals surface area contributed by atoms with E-state index in [1.165, 1.54) is 0 Å². The van der Waals surface area contributed by atoms with Gasteiger partial charge in [-0.3, -0.25) is 4.79 Å². The summed E-state index contributed by atoms with van der Waals surface area (Å²) in [6.45, 7) is 2.39. The number of carbonyl (C=O) groups is 1. The maximum atomic E-state index is 11.8. The molecule has 0 spiro atoms. The zero-order valence-corrected chi connectivity index (χ0v) is 9.37. The van der Waals surface area contributed by atoms with E-state index in [4.69, 9.17) is 9.47 Å². The normalized spacial score (nSPS) is 10.1. The van der Waals surface area contributed by atoms with Gasteiger partial charge in [-0.05, 0) is 19.1 Å². The average Bonchev–Trinajstić information content (AvgIpc) is 2.25. The van der Waals surface area contributed by atoms with Crippen LogP contribution >= 0.6 is 0 Å². The molecule has 0 aliphatic rings. The largest absolute Gasteiger partial charge is 0.496 e. The quantitative estimate of drug-likeness (QED) is 0.696. The molecule has 0 aromatic heterocycles. The molecule has 3 nitrogen and oxygen atoms in total. The third-order valence-electron chi connectivity index (χ3n) is 2.19. The molecule has 0 amide bonds. The summed E-state index contributed by atoms with van der Waals surface area (Å²) in [5, 5.41) is 0. The summed E-state index contributed by atoms with van der Waals surface area (Å²) in [5.41, 5.74) is 1.69. The maximum absolute atomic E-state index is 11.8. The van der Waals surface area contributed by atoms with Gasteiger partial charge in [-0.1, -0.05) is 11.6 Å². The molecule has 15 heavy (non-hydrogen) atoms. The number of carbonyl (C=O) groups excluding carboxylic acids is 1. The second kappa shape index (κ2) is 5.51. The van der Waals surface area contributed by atoms with Crippen molar-refractivity contribution in [2.75, 3.05) is 20.8 Å². The highest BCUT2D eigenvalue weighted by molar-refractivity contribution is 5.98. The van der Waals surface area contributed by atoms with Crippen LogP contribution in [0.15, 0.2) is 18.2 Å². The predicted octanol–water partition coefficient (Wildman–Crippen LogP) is 2.22. The van der Waals surface area contributed by atoms with Crippen LogP contribution in [0.3, 0.4) is 0 Å². The summed E-state index contributed by atoms with van der Waals surface area (Å²) in [6.07, 6.45) is 0.385. The smallest absolute Gasteiger partial charge is 0.168 e. The SMILES string of the molecule is COCCC(=O)c1cc(C)ccc1OC. The molecule has 0 heterocycles. The Morgan fingerprint density at radius 3 is 2.67 bits per heavy atom. The minimum atomic E-state index is 0.0531. The minimum Gasteiger partial charge on any atom is -0.496 e. The molecule has 0 fully saturated rings. The average molecular weight is 208 g/mol. The highest BCUT2D eigenvalue weighted by Crippen LogP contribution is 2.21. The van der Waals surface area contributed by atoms with Gasteiger partial charge in [-0.15, -0.1) is 0 Å². The van der Waals surface area contributed by atoms with Crippen molar-refractivity contribution in [2.45, 2.75) is 13.3 Å². The van der Waals surface area contributed by atoms with Crippen molar-refractivity contribution in [1.82, 2.24) is 0 Å². The van der Waals surface area contributed by atoms with E-state index in [1.807, 2.05) is 25.1 Å². The Bertz CT molecular complexity index is 345. The Morgan fingerprint density at radius 2 is 2.07 bits per heavy atom. The number of ketones is 1. The van der Waals surface area contributed by atoms with Gasteiger partial charge in [0, 0.05) is 13.5 Å². The van der Waals surface area contributed by atoms with Gasteiger partial charge >= 0.3 is 0 Å². The van der Waals surface area contributed by atoms with Crippen LogP contribution in [0.1, 0.15) is 22.3 Å². The zero-order valence-electron chi connectivity index (χ0n) is 9.37. The van der Waals surface area contributed by atoms with E-state index in [2.05, 4.69) is 0 Å². The van der Waals surface area contributed by atoms with Crippen LogP contribution in [-0.4, -0.2) is 26.6 Å². The molecule has 1 rings (SSSR count). The zero-order chi connectivity index (χ0) is 11.3. The van der Waals surface area contributed by atoms with Crippen LogP contribution in [0.5, 0.6) is 5.75 Å². The Hall–Kier alpha value is -1.35. The van der Waals surface area contributed by atoms with Crippen molar-refractivity contribution in [3.05, 3.63) is 29.3 Å². The van der Waals surface area contributed by atoms with E-state index >= 15 is 0 Å². The third-order valence-corrected chi connectivity index (χ3v) is 2.19. The lowest BCUT2D eigenvalue weighted by molar-refractivity contribution is 0.0929. The number of hydrogen-bond donors (Lipinski definition) is 0. The molecule has 3 heteroatoms. The fourth-order valence-electron chi connectivity index (χ4n) is 1.37. The van der Waals surface area contributed by atoms with Gasteiger partial charge in [0.15, 0.2) is 5.78 Å². The van der Waals surface area contributed by atoms with Crippen molar-refractivity contribution in [1.29, 1.82) is 0 Å². The predicted molar refractivity (Wildman–Crippen MR) is 58.6 cm³/mol. The lowest BCUT2D eigenvalue weighted by atomic mass is 10.0. The fourth-order valence-corrected chi connectivity index (χ4v) is 1.37. The highest BCUT2D eigenvalue weighted by atomic mass is 16.5. The van der Waals surface area contributed by atoms with Crippen LogP contribution in [0.4, 0.5) is 0 Å². The number of ether oxygens (including phenoxy) is 2. The van der Waals surface area contributed by atoms with E-state index in [0.29, 0.717) is 24.3 Å². The Kier molecular flexibility index (Phi) is 4.31. The monoisotopic (exact) mass is 208 g/mol. The van der Waals surface area contributed by atoms with E-state index in [9.17, 15) is 4.79 Å². The summed E-state index contributed by atoms with van der Waals surface area (Å²) < 4.78 is 10.0. The lowest BCUT2D eigenvalue weighted by Gasteiger charge is -2.08. The van der Waals surface area contributed by atoms with E-state index < -0.39 is 0 Å². The summed E-state index contributed by atoms with van der Waals surface area (Å²) in [6, 6.07) is 5.58. The van der Waals surface area contributed by atoms with Gasteiger partial charge in [0.05, 0.1) is 19.3 Å². The molecule has 0 radical (unpaired) electrons. The second-order valence-electron chi connectivity index (χ2n) is 3.37. The van der Waals surface area contributed by atoms with Crippen LogP contribution in [0.2, 0.25) is 0 Å². The first kappa shape index (κ1) is 11.7. The summed E-state index contributed by atoms with van der Waals surface area (Å²) in [5.74, 6) is 0.680. The maximum Gasteiger partial charge on any atom is 0.168 e. The second-order valence-corrected chi connectivity index (χ2v) is 3.37. The molecule has 0 aliphatic heterocycles. The molecule has 0 saturated heterocycles. The molecule has 82 valence electrons. The number of benzene rings is 1. The molecule has 0 aliphatic carbocycles. The van der Waals surface area contributed by atoms with E-state index in [-0.39, 0.29) is 5.78 Å². The van der Waals surface area contributed by atoms with Gasteiger partial charge in [0.1, 0.15) is 5.75 Å². The van der Waals surface area contributed by atoms with E-state index in [0.717, 1.165) is 5.56 Å². The van der Waals surface area contributed by atoms with Crippen LogP contribution in [0, 0.1) is 6.92 Å². The van der Waals surface area contributed by atoms with Crippen molar-refractivity contribution < 1.29 is 14.3 Å². The molecule has 0 saturated carbocycles. The summed E-state index contributed by atoms with van der Waals surface area (Å²) in [4.78, 5) is 11.8. The molecular formula is C12H16O3. The molecule has 0 N–H and O–H groups in total. The number of hydrogen-bond acceptors (Lipinski definition) is 3. The standard InChI is InChI=1S/C12H16O3/c1-9-4-5-12(15-3)10(8-9)11(13)6-7-14-2/h4-5,8H,6-7H2,1-3H3. The molecular weight excluding hydrogens is 192 g/mol. The van der Waals surface area contributed by atoms with Gasteiger partial charge in [0.2, 0.25) is 0 Å². The van der Waals surface area contributed by atoms with E-state index in [1.54, 1.807) is 14.2 Å². The first-order valence-corrected chi connectivity index (χ1v) is 4.86. The van der Waals surface area contributed by atoms with Crippen LogP contribution in [0.25, 0.3) is 0 Å². The summed E-state index contributed by atoms with van der Waals surface area (Å²) >= 11 is 0. The molecule has 0 bridgehead atoms. The highest BCUT2D eigenvalue weighted by Gasteiger charge is 2.11. The van der Waals surface area contributed by atoms with Crippen LogP contribution in [-0.2, 0) is 4.74 Å². The number of Topliss-reactive ketones (excluding diaryl/α,β-unsaturated/α-hetero) is 1.